The molecule has 118 valence electrons. The maximum atomic E-state index is 12.4. The van der Waals surface area contributed by atoms with E-state index in [2.05, 4.69) is 0 Å². The highest BCUT2D eigenvalue weighted by atomic mass is 16.6. The number of esters is 2. The van der Waals surface area contributed by atoms with Crippen LogP contribution in [0.25, 0.3) is 0 Å². The molecule has 5 nitrogen and oxygen atoms in total. The van der Waals surface area contributed by atoms with Gasteiger partial charge in [0.2, 0.25) is 0 Å². The second kappa shape index (κ2) is 6.08. The van der Waals surface area contributed by atoms with Crippen molar-refractivity contribution in [1.82, 2.24) is 4.90 Å². The maximum Gasteiger partial charge on any atom is 0.338 e. The van der Waals surface area contributed by atoms with E-state index in [0.717, 1.165) is 0 Å². The number of carbonyl (C=O) groups is 2. The minimum absolute atomic E-state index is 0.230. The first kappa shape index (κ1) is 11.7. The van der Waals surface area contributed by atoms with Gasteiger partial charge in [-0.2, -0.15) is 0 Å². The molecule has 2 aliphatic rings. The minimum Gasteiger partial charge on any atom is -0.469 e. The van der Waals surface area contributed by atoms with E-state index in [4.69, 9.17) is 13.6 Å². The predicted octanol–water partition coefficient (Wildman–Crippen LogP) is 1.87. The van der Waals surface area contributed by atoms with Gasteiger partial charge in [-0.25, -0.2) is 4.79 Å². The topological polar surface area (TPSA) is 55.8 Å². The molecule has 0 aromatic heterocycles. The third-order valence-electron chi connectivity index (χ3n) is 4.61. The van der Waals surface area contributed by atoms with Gasteiger partial charge in [-0.1, -0.05) is 18.2 Å². The van der Waals surface area contributed by atoms with Crippen LogP contribution >= 0.6 is 0 Å². The standard InChI is InChI=1S/C17H21NO4/c1-18-12-8-9-13(18)15(17(20)21-2)14(10-12)22-16(19)11-6-4-3-5-7-11/h3-7,12-15H,8-10H2,1-2H3/t12-,13+,14-,15+/m0/s1/i1D3. The molecule has 1 aromatic rings. The van der Waals surface area contributed by atoms with Gasteiger partial charge in [0.25, 0.3) is 0 Å². The van der Waals surface area contributed by atoms with Crippen LogP contribution in [0.3, 0.4) is 0 Å². The van der Waals surface area contributed by atoms with Gasteiger partial charge in [-0.3, -0.25) is 9.69 Å². The summed E-state index contributed by atoms with van der Waals surface area (Å²) < 4.78 is 33.8. The molecule has 2 fully saturated rings. The van der Waals surface area contributed by atoms with Crippen LogP contribution in [-0.2, 0) is 14.3 Å². The van der Waals surface area contributed by atoms with E-state index in [1.54, 1.807) is 30.3 Å². The second-order valence-corrected chi connectivity index (χ2v) is 5.80. The van der Waals surface area contributed by atoms with Crippen LogP contribution < -0.4 is 0 Å². The number of benzene rings is 1. The van der Waals surface area contributed by atoms with Crippen molar-refractivity contribution in [2.45, 2.75) is 37.5 Å². The zero-order chi connectivity index (χ0) is 18.2. The molecule has 0 spiro atoms. The van der Waals surface area contributed by atoms with Gasteiger partial charge >= 0.3 is 11.9 Å². The van der Waals surface area contributed by atoms with E-state index < -0.39 is 37.0 Å². The molecule has 0 radical (unpaired) electrons. The van der Waals surface area contributed by atoms with E-state index in [1.807, 2.05) is 0 Å². The molecular formula is C17H21NO4. The molecule has 0 unspecified atom stereocenters. The fourth-order valence-electron chi connectivity index (χ4n) is 3.50. The number of rotatable bonds is 3. The van der Waals surface area contributed by atoms with Crippen LogP contribution in [0.5, 0.6) is 0 Å². The summed E-state index contributed by atoms with van der Waals surface area (Å²) in [6, 6.07) is 7.80. The van der Waals surface area contributed by atoms with Gasteiger partial charge in [-0.05, 0) is 32.0 Å². The Kier molecular flexibility index (Phi) is 3.22. The largest absolute Gasteiger partial charge is 0.469 e. The number of methoxy groups -OCH3 is 1. The number of hydrogen-bond acceptors (Lipinski definition) is 5. The van der Waals surface area contributed by atoms with Crippen molar-refractivity contribution in [3.8, 4) is 0 Å². The Balaban J connectivity index is 1.84. The van der Waals surface area contributed by atoms with Crippen LogP contribution in [0.15, 0.2) is 30.3 Å². The molecule has 2 bridgehead atoms. The summed E-state index contributed by atoms with van der Waals surface area (Å²) >= 11 is 0. The molecule has 4 atom stereocenters. The van der Waals surface area contributed by atoms with E-state index in [9.17, 15) is 9.59 Å². The fourth-order valence-corrected chi connectivity index (χ4v) is 3.50. The minimum atomic E-state index is -2.29. The molecule has 0 saturated carbocycles. The Morgan fingerprint density at radius 1 is 1.27 bits per heavy atom. The lowest BCUT2D eigenvalue weighted by atomic mass is 9.87. The molecule has 2 aliphatic heterocycles. The van der Waals surface area contributed by atoms with Crippen LogP contribution in [-0.4, -0.2) is 49.1 Å². The molecule has 1 aromatic carbocycles. The van der Waals surface area contributed by atoms with Gasteiger partial charge in [-0.15, -0.1) is 0 Å². The number of piperidine rings is 1. The lowest BCUT2D eigenvalue weighted by molar-refractivity contribution is -0.156. The van der Waals surface area contributed by atoms with Crippen LogP contribution in [0.4, 0.5) is 0 Å². The number of hydrogen-bond donors (Lipinski definition) is 0. The highest BCUT2D eigenvalue weighted by Gasteiger charge is 2.50. The summed E-state index contributed by atoms with van der Waals surface area (Å²) in [5.41, 5.74) is 0.400. The van der Waals surface area contributed by atoms with Crippen LogP contribution in [0.2, 0.25) is 0 Å². The first-order valence-electron chi connectivity index (χ1n) is 8.95. The maximum absolute atomic E-state index is 12.4. The number of carbonyl (C=O) groups excluding carboxylic acids is 2. The smallest absolute Gasteiger partial charge is 0.338 e. The Labute approximate surface area is 134 Å². The van der Waals surface area contributed by atoms with Crippen molar-refractivity contribution in [2.24, 2.45) is 5.92 Å². The first-order valence-corrected chi connectivity index (χ1v) is 7.45. The number of fused-ring (bicyclic) bond motifs is 2. The Hall–Kier alpha value is -1.88. The number of nitrogens with zero attached hydrogens (tertiary/aromatic N) is 1. The molecule has 3 rings (SSSR count). The molecular weight excluding hydrogens is 282 g/mol. The van der Waals surface area contributed by atoms with Gasteiger partial charge < -0.3 is 9.47 Å². The lowest BCUT2D eigenvalue weighted by Crippen LogP contribution is -2.53. The molecule has 2 heterocycles. The summed E-state index contributed by atoms with van der Waals surface area (Å²) in [6.07, 6.45) is 0.863. The zero-order valence-corrected chi connectivity index (χ0v) is 12.4. The zero-order valence-electron chi connectivity index (χ0n) is 15.4. The summed E-state index contributed by atoms with van der Waals surface area (Å²) in [5.74, 6) is -1.84. The third kappa shape index (κ3) is 2.61. The number of ether oxygens (including phenoxy) is 2. The van der Waals surface area contributed by atoms with Gasteiger partial charge in [0.1, 0.15) is 12.0 Å². The van der Waals surface area contributed by atoms with Gasteiger partial charge in [0, 0.05) is 22.6 Å². The molecule has 0 N–H and O–H groups in total. The third-order valence-corrected chi connectivity index (χ3v) is 4.61. The van der Waals surface area contributed by atoms with Crippen LogP contribution in [0, 0.1) is 5.92 Å². The highest BCUT2D eigenvalue weighted by Crippen LogP contribution is 2.40. The fraction of sp³-hybridized carbons (Fsp3) is 0.529. The molecule has 5 heteroatoms. The van der Waals surface area contributed by atoms with Crippen molar-refractivity contribution >= 4 is 11.9 Å². The molecule has 0 aliphatic carbocycles. The van der Waals surface area contributed by atoms with Crippen molar-refractivity contribution in [1.29, 1.82) is 0 Å². The summed E-state index contributed by atoms with van der Waals surface area (Å²) in [7, 11) is 1.26. The lowest BCUT2D eigenvalue weighted by Gasteiger charge is -2.40. The van der Waals surface area contributed by atoms with Crippen molar-refractivity contribution < 1.29 is 23.2 Å². The molecule has 0 amide bonds. The molecule has 22 heavy (non-hydrogen) atoms. The first-order chi connectivity index (χ1) is 11.8. The second-order valence-electron chi connectivity index (χ2n) is 5.80. The Morgan fingerprint density at radius 2 is 2.05 bits per heavy atom. The van der Waals surface area contributed by atoms with Crippen LogP contribution in [0.1, 0.15) is 33.7 Å². The summed E-state index contributed by atoms with van der Waals surface area (Å²) in [4.78, 5) is 26.1. The van der Waals surface area contributed by atoms with Crippen molar-refractivity contribution in [3.05, 3.63) is 35.9 Å². The molecule has 2 saturated heterocycles. The Bertz CT molecular complexity index is 649. The van der Waals surface area contributed by atoms with Gasteiger partial charge in [0.05, 0.1) is 12.7 Å². The average molecular weight is 306 g/mol. The summed E-state index contributed by atoms with van der Waals surface area (Å²) in [6.45, 7) is -2.29. The van der Waals surface area contributed by atoms with E-state index >= 15 is 0 Å². The van der Waals surface area contributed by atoms with Crippen molar-refractivity contribution in [2.75, 3.05) is 14.1 Å². The Morgan fingerprint density at radius 3 is 2.73 bits per heavy atom. The quantitative estimate of drug-likeness (QED) is 0.798. The monoisotopic (exact) mass is 306 g/mol. The summed E-state index contributed by atoms with van der Waals surface area (Å²) in [5, 5.41) is 0. The highest BCUT2D eigenvalue weighted by molar-refractivity contribution is 5.89. The van der Waals surface area contributed by atoms with E-state index in [-0.39, 0.29) is 6.04 Å². The SMILES string of the molecule is [2H]C([2H])([2H])N1[C@H]2CC[C@@H]1[C@@H](C(=O)OC)[C@@H](OC(=O)c1ccccc1)C2. The van der Waals surface area contributed by atoms with Gasteiger partial charge in [0.15, 0.2) is 0 Å². The average Bonchev–Trinajstić information content (AvgIpc) is 2.91. The normalized spacial score (nSPS) is 33.4. The predicted molar refractivity (Wildman–Crippen MR) is 80.3 cm³/mol. The van der Waals surface area contributed by atoms with E-state index in [0.29, 0.717) is 24.8 Å². The van der Waals surface area contributed by atoms with Crippen molar-refractivity contribution in [3.63, 3.8) is 0 Å². The van der Waals surface area contributed by atoms with E-state index in [1.165, 1.54) is 12.0 Å².